The molecule has 158 valence electrons. The zero-order valence-corrected chi connectivity index (χ0v) is 17.5. The second-order valence-corrected chi connectivity index (χ2v) is 7.63. The first kappa shape index (κ1) is 21.5. The summed E-state index contributed by atoms with van der Waals surface area (Å²) in [5.41, 5.74) is 1.23. The van der Waals surface area contributed by atoms with Gasteiger partial charge in [-0.15, -0.1) is 0 Å². The highest BCUT2D eigenvalue weighted by molar-refractivity contribution is 7.08. The van der Waals surface area contributed by atoms with Crippen LogP contribution in [0, 0.1) is 5.92 Å². The maximum absolute atomic E-state index is 12.7. The molecule has 0 bridgehead atoms. The van der Waals surface area contributed by atoms with Crippen molar-refractivity contribution in [3.63, 3.8) is 0 Å². The van der Waals surface area contributed by atoms with Gasteiger partial charge in [-0.3, -0.25) is 9.59 Å². The lowest BCUT2D eigenvalue weighted by atomic mass is 9.95. The number of esters is 2. The minimum absolute atomic E-state index is 0.0244. The van der Waals surface area contributed by atoms with Crippen molar-refractivity contribution in [2.75, 3.05) is 32.6 Å². The van der Waals surface area contributed by atoms with Gasteiger partial charge < -0.3 is 19.7 Å². The van der Waals surface area contributed by atoms with Crippen LogP contribution in [0.1, 0.15) is 43.9 Å². The second kappa shape index (κ2) is 9.53. The fourth-order valence-electron chi connectivity index (χ4n) is 3.33. The van der Waals surface area contributed by atoms with Gasteiger partial charge in [0.15, 0.2) is 0 Å². The highest BCUT2D eigenvalue weighted by Gasteiger charge is 2.28. The van der Waals surface area contributed by atoms with Crippen molar-refractivity contribution in [1.82, 2.24) is 4.90 Å². The second-order valence-electron chi connectivity index (χ2n) is 6.85. The van der Waals surface area contributed by atoms with E-state index in [1.165, 1.54) is 43.8 Å². The van der Waals surface area contributed by atoms with E-state index in [4.69, 9.17) is 9.47 Å². The Labute approximate surface area is 177 Å². The Morgan fingerprint density at radius 3 is 2.07 bits per heavy atom. The van der Waals surface area contributed by atoms with Gasteiger partial charge >= 0.3 is 11.9 Å². The van der Waals surface area contributed by atoms with Crippen molar-refractivity contribution in [3.05, 3.63) is 51.7 Å². The van der Waals surface area contributed by atoms with Crippen molar-refractivity contribution < 1.29 is 28.7 Å². The van der Waals surface area contributed by atoms with E-state index in [-0.39, 0.29) is 28.9 Å². The standard InChI is InChI=1S/C21H22N2O6S/c1-28-20(26)15-9-16(21(27)29-2)11-17(10-15)22-18(24)13-3-6-23(7-4-13)19(25)14-5-8-30-12-14/h5,8-13H,3-4,6-7H2,1-2H3,(H,22,24). The van der Waals surface area contributed by atoms with E-state index in [9.17, 15) is 19.2 Å². The maximum atomic E-state index is 12.7. The summed E-state index contributed by atoms with van der Waals surface area (Å²) in [6.07, 6.45) is 1.06. The molecule has 1 aliphatic rings. The van der Waals surface area contributed by atoms with Gasteiger partial charge in [0.05, 0.1) is 30.9 Å². The SMILES string of the molecule is COC(=O)c1cc(NC(=O)C2CCN(C(=O)c3ccsc3)CC2)cc(C(=O)OC)c1. The molecule has 0 aliphatic carbocycles. The third kappa shape index (κ3) is 4.85. The molecule has 2 heterocycles. The first-order chi connectivity index (χ1) is 14.4. The number of ether oxygens (including phenoxy) is 2. The van der Waals surface area contributed by atoms with Crippen LogP contribution in [0.15, 0.2) is 35.0 Å². The van der Waals surface area contributed by atoms with Crippen molar-refractivity contribution in [2.45, 2.75) is 12.8 Å². The number of nitrogens with zero attached hydrogens (tertiary/aromatic N) is 1. The van der Waals surface area contributed by atoms with Crippen molar-refractivity contribution in [3.8, 4) is 0 Å². The summed E-state index contributed by atoms with van der Waals surface area (Å²) in [5.74, 6) is -1.79. The molecule has 2 amide bonds. The van der Waals surface area contributed by atoms with Crippen LogP contribution in [0.2, 0.25) is 0 Å². The Morgan fingerprint density at radius 1 is 0.967 bits per heavy atom. The van der Waals surface area contributed by atoms with Crippen LogP contribution in [0.3, 0.4) is 0 Å². The fourth-order valence-corrected chi connectivity index (χ4v) is 3.96. The van der Waals surface area contributed by atoms with E-state index in [0.717, 1.165) is 0 Å². The van der Waals surface area contributed by atoms with Crippen molar-refractivity contribution >= 4 is 40.8 Å². The number of piperidine rings is 1. The molecule has 1 saturated heterocycles. The van der Waals surface area contributed by atoms with Crippen LogP contribution in [-0.2, 0) is 14.3 Å². The van der Waals surface area contributed by atoms with Crippen LogP contribution in [0.25, 0.3) is 0 Å². The number of anilines is 1. The van der Waals surface area contributed by atoms with E-state index in [0.29, 0.717) is 37.2 Å². The summed E-state index contributed by atoms with van der Waals surface area (Å²) in [5, 5.41) is 6.44. The van der Waals surface area contributed by atoms with E-state index in [1.54, 1.807) is 11.0 Å². The van der Waals surface area contributed by atoms with E-state index in [2.05, 4.69) is 5.32 Å². The highest BCUT2D eigenvalue weighted by atomic mass is 32.1. The van der Waals surface area contributed by atoms with Gasteiger partial charge in [0, 0.05) is 30.1 Å². The molecule has 1 N–H and O–H groups in total. The molecule has 2 aromatic rings. The lowest BCUT2D eigenvalue weighted by Gasteiger charge is -2.31. The number of hydrogen-bond acceptors (Lipinski definition) is 7. The van der Waals surface area contributed by atoms with E-state index in [1.807, 2.05) is 10.8 Å². The smallest absolute Gasteiger partial charge is 0.337 e. The monoisotopic (exact) mass is 430 g/mol. The van der Waals surface area contributed by atoms with Crippen LogP contribution < -0.4 is 5.32 Å². The predicted octanol–water partition coefficient (Wildman–Crippen LogP) is 2.81. The predicted molar refractivity (Wildman–Crippen MR) is 111 cm³/mol. The molecule has 0 radical (unpaired) electrons. The van der Waals surface area contributed by atoms with Gasteiger partial charge in [-0.25, -0.2) is 9.59 Å². The maximum Gasteiger partial charge on any atom is 0.337 e. The minimum atomic E-state index is -0.628. The number of rotatable bonds is 5. The molecular formula is C21H22N2O6S. The van der Waals surface area contributed by atoms with Crippen molar-refractivity contribution in [2.24, 2.45) is 5.92 Å². The lowest BCUT2D eigenvalue weighted by molar-refractivity contribution is -0.121. The Hall–Kier alpha value is -3.20. The van der Waals surface area contributed by atoms with Gasteiger partial charge in [-0.05, 0) is 42.5 Å². The number of carbonyl (C=O) groups excluding carboxylic acids is 4. The first-order valence-electron chi connectivity index (χ1n) is 9.37. The van der Waals surface area contributed by atoms with Crippen LogP contribution in [0.5, 0.6) is 0 Å². The quantitative estimate of drug-likeness (QED) is 0.732. The third-order valence-corrected chi connectivity index (χ3v) is 5.65. The Kier molecular flexibility index (Phi) is 6.83. The third-order valence-electron chi connectivity index (χ3n) is 4.96. The van der Waals surface area contributed by atoms with Crippen LogP contribution in [0.4, 0.5) is 5.69 Å². The van der Waals surface area contributed by atoms with E-state index < -0.39 is 11.9 Å². The number of amides is 2. The molecule has 0 saturated carbocycles. The number of nitrogens with one attached hydrogen (secondary N) is 1. The molecule has 1 aliphatic heterocycles. The summed E-state index contributed by atoms with van der Waals surface area (Å²) < 4.78 is 9.41. The average Bonchev–Trinajstić information content (AvgIpc) is 3.32. The topological polar surface area (TPSA) is 102 Å². The van der Waals surface area contributed by atoms with Gasteiger partial charge in [-0.2, -0.15) is 11.3 Å². The largest absolute Gasteiger partial charge is 0.465 e. The first-order valence-corrected chi connectivity index (χ1v) is 10.3. The summed E-state index contributed by atoms with van der Waals surface area (Å²) >= 11 is 1.47. The zero-order valence-electron chi connectivity index (χ0n) is 16.7. The molecule has 30 heavy (non-hydrogen) atoms. The van der Waals surface area contributed by atoms with Crippen LogP contribution >= 0.6 is 11.3 Å². The number of carbonyl (C=O) groups is 4. The van der Waals surface area contributed by atoms with Gasteiger partial charge in [0.25, 0.3) is 5.91 Å². The van der Waals surface area contributed by atoms with E-state index >= 15 is 0 Å². The van der Waals surface area contributed by atoms with Crippen molar-refractivity contribution in [1.29, 1.82) is 0 Å². The summed E-state index contributed by atoms with van der Waals surface area (Å²) in [4.78, 5) is 50.7. The minimum Gasteiger partial charge on any atom is -0.465 e. The molecule has 0 spiro atoms. The number of likely N-dealkylation sites (tertiary alicyclic amines) is 1. The molecule has 9 heteroatoms. The fraction of sp³-hybridized carbons (Fsp3) is 0.333. The summed E-state index contributed by atoms with van der Waals surface area (Å²) in [7, 11) is 2.47. The van der Waals surface area contributed by atoms with Crippen LogP contribution in [-0.4, -0.2) is 56.0 Å². The molecule has 1 aromatic carbocycles. The number of thiophene rings is 1. The Morgan fingerprint density at radius 2 is 1.57 bits per heavy atom. The number of benzene rings is 1. The molecule has 0 unspecified atom stereocenters. The zero-order chi connectivity index (χ0) is 21.7. The lowest BCUT2D eigenvalue weighted by Crippen LogP contribution is -2.41. The molecule has 3 rings (SSSR count). The summed E-state index contributed by atoms with van der Waals surface area (Å²) in [6, 6.07) is 6.04. The van der Waals surface area contributed by atoms with Gasteiger partial charge in [0.2, 0.25) is 5.91 Å². The molecular weight excluding hydrogens is 408 g/mol. The normalized spacial score (nSPS) is 14.1. The van der Waals surface area contributed by atoms with Gasteiger partial charge in [0.1, 0.15) is 0 Å². The average molecular weight is 430 g/mol. The number of hydrogen-bond donors (Lipinski definition) is 1. The molecule has 1 fully saturated rings. The number of methoxy groups -OCH3 is 2. The Balaban J connectivity index is 1.66. The van der Waals surface area contributed by atoms with Gasteiger partial charge in [-0.1, -0.05) is 0 Å². The molecule has 1 aromatic heterocycles. The highest BCUT2D eigenvalue weighted by Crippen LogP contribution is 2.23. The molecule has 0 atom stereocenters. The molecule has 8 nitrogen and oxygen atoms in total. The summed E-state index contributed by atoms with van der Waals surface area (Å²) in [6.45, 7) is 0.977. The Bertz CT molecular complexity index is 914.